The number of amides is 1. The van der Waals surface area contributed by atoms with Crippen LogP contribution in [0.15, 0.2) is 18.2 Å². The van der Waals surface area contributed by atoms with Crippen LogP contribution in [-0.4, -0.2) is 41.3 Å². The molecule has 5 heteroatoms. The molecule has 0 atom stereocenters. The molecule has 0 unspecified atom stereocenters. The van der Waals surface area contributed by atoms with Crippen LogP contribution >= 0.6 is 0 Å². The zero-order chi connectivity index (χ0) is 13.8. The number of hydrogen-bond acceptors (Lipinski definition) is 4. The number of benzene rings is 1. The molecule has 0 bridgehead atoms. The van der Waals surface area contributed by atoms with Crippen molar-refractivity contribution in [3.63, 3.8) is 0 Å². The standard InChI is InChI=1S/C14H18N2O3/c1-10(17)11-3-4-13(18)12(7-11)8-16-6-2-5-15-14(19)9-16/h3-4,7,18H,2,5-6,8-9H2,1H3,(H,15,19). The molecular formula is C14H18N2O3. The van der Waals surface area contributed by atoms with Gasteiger partial charge in [-0.25, -0.2) is 0 Å². The van der Waals surface area contributed by atoms with Crippen LogP contribution in [0.5, 0.6) is 5.75 Å². The van der Waals surface area contributed by atoms with Gasteiger partial charge in [-0.15, -0.1) is 0 Å². The third-order valence-electron chi connectivity index (χ3n) is 3.22. The van der Waals surface area contributed by atoms with Crippen LogP contribution in [0.1, 0.15) is 29.3 Å². The van der Waals surface area contributed by atoms with E-state index in [2.05, 4.69) is 5.32 Å². The van der Waals surface area contributed by atoms with E-state index in [1.165, 1.54) is 13.0 Å². The molecule has 0 spiro atoms. The Morgan fingerprint density at radius 1 is 1.47 bits per heavy atom. The van der Waals surface area contributed by atoms with Crippen molar-refractivity contribution in [3.8, 4) is 5.75 Å². The molecule has 19 heavy (non-hydrogen) atoms. The Bertz CT molecular complexity index is 499. The van der Waals surface area contributed by atoms with Crippen molar-refractivity contribution >= 4 is 11.7 Å². The molecule has 1 aromatic rings. The number of nitrogens with one attached hydrogen (secondary N) is 1. The van der Waals surface area contributed by atoms with E-state index in [4.69, 9.17) is 0 Å². The van der Waals surface area contributed by atoms with Crippen molar-refractivity contribution in [2.45, 2.75) is 19.9 Å². The van der Waals surface area contributed by atoms with E-state index < -0.39 is 0 Å². The number of phenolic OH excluding ortho intramolecular Hbond substituents is 1. The smallest absolute Gasteiger partial charge is 0.234 e. The van der Waals surface area contributed by atoms with Crippen molar-refractivity contribution in [1.82, 2.24) is 10.2 Å². The fourth-order valence-corrected chi connectivity index (χ4v) is 2.18. The molecule has 0 aromatic heterocycles. The number of phenols is 1. The molecule has 0 saturated carbocycles. The number of ketones is 1. The first-order valence-corrected chi connectivity index (χ1v) is 6.38. The van der Waals surface area contributed by atoms with E-state index >= 15 is 0 Å². The molecule has 1 heterocycles. The Balaban J connectivity index is 2.15. The predicted molar refractivity (Wildman–Crippen MR) is 71.0 cm³/mol. The summed E-state index contributed by atoms with van der Waals surface area (Å²) in [6.07, 6.45) is 0.888. The number of hydrogen-bond donors (Lipinski definition) is 2. The van der Waals surface area contributed by atoms with E-state index in [1.807, 2.05) is 4.90 Å². The summed E-state index contributed by atoms with van der Waals surface area (Å²) in [5.41, 5.74) is 1.26. The highest BCUT2D eigenvalue weighted by molar-refractivity contribution is 5.94. The first kappa shape index (κ1) is 13.5. The van der Waals surface area contributed by atoms with Crippen molar-refractivity contribution < 1.29 is 14.7 Å². The summed E-state index contributed by atoms with van der Waals surface area (Å²) in [4.78, 5) is 24.8. The lowest BCUT2D eigenvalue weighted by Gasteiger charge is -2.19. The summed E-state index contributed by atoms with van der Waals surface area (Å²) >= 11 is 0. The summed E-state index contributed by atoms with van der Waals surface area (Å²) < 4.78 is 0. The van der Waals surface area contributed by atoms with Gasteiger partial charge in [-0.05, 0) is 31.5 Å². The molecule has 1 amide bonds. The second-order valence-corrected chi connectivity index (χ2v) is 4.81. The normalized spacial score (nSPS) is 16.8. The molecule has 1 aliphatic heterocycles. The van der Waals surface area contributed by atoms with Gasteiger partial charge in [0.2, 0.25) is 5.91 Å². The average Bonchev–Trinajstić information content (AvgIpc) is 2.56. The second kappa shape index (κ2) is 5.84. The molecule has 1 aliphatic rings. The van der Waals surface area contributed by atoms with E-state index in [1.54, 1.807) is 12.1 Å². The molecule has 0 aliphatic carbocycles. The van der Waals surface area contributed by atoms with Gasteiger partial charge in [0.15, 0.2) is 5.78 Å². The molecule has 2 N–H and O–H groups in total. The third-order valence-corrected chi connectivity index (χ3v) is 3.22. The quantitative estimate of drug-likeness (QED) is 0.795. The van der Waals surface area contributed by atoms with Gasteiger partial charge in [-0.3, -0.25) is 14.5 Å². The Labute approximate surface area is 112 Å². The molecule has 1 saturated heterocycles. The number of Topliss-reactive ketones (excluding diaryl/α,β-unsaturated/α-hetero) is 1. The van der Waals surface area contributed by atoms with Crippen molar-refractivity contribution in [1.29, 1.82) is 0 Å². The Hall–Kier alpha value is -1.88. The molecule has 2 rings (SSSR count). The predicted octanol–water partition coefficient (Wildman–Crippen LogP) is 0.917. The summed E-state index contributed by atoms with van der Waals surface area (Å²) in [7, 11) is 0. The van der Waals surface area contributed by atoms with Crippen LogP contribution in [0.2, 0.25) is 0 Å². The van der Waals surface area contributed by atoms with E-state index in [-0.39, 0.29) is 17.4 Å². The molecule has 1 fully saturated rings. The lowest BCUT2D eigenvalue weighted by atomic mass is 10.1. The number of carbonyl (C=O) groups is 2. The maximum atomic E-state index is 11.5. The number of carbonyl (C=O) groups excluding carboxylic acids is 2. The lowest BCUT2D eigenvalue weighted by Crippen LogP contribution is -2.32. The summed E-state index contributed by atoms with van der Waals surface area (Å²) in [6, 6.07) is 4.83. The monoisotopic (exact) mass is 262 g/mol. The number of aromatic hydroxyl groups is 1. The fraction of sp³-hybridized carbons (Fsp3) is 0.429. The van der Waals surface area contributed by atoms with Gasteiger partial charge in [-0.2, -0.15) is 0 Å². The topological polar surface area (TPSA) is 69.6 Å². The Morgan fingerprint density at radius 2 is 2.26 bits per heavy atom. The van der Waals surface area contributed by atoms with Gasteiger partial charge in [0.1, 0.15) is 5.75 Å². The van der Waals surface area contributed by atoms with E-state index in [0.29, 0.717) is 30.8 Å². The first-order chi connectivity index (χ1) is 9.06. The van der Waals surface area contributed by atoms with E-state index in [9.17, 15) is 14.7 Å². The molecule has 5 nitrogen and oxygen atoms in total. The first-order valence-electron chi connectivity index (χ1n) is 6.38. The van der Waals surface area contributed by atoms with Crippen LogP contribution in [0.4, 0.5) is 0 Å². The highest BCUT2D eigenvalue weighted by Gasteiger charge is 2.16. The lowest BCUT2D eigenvalue weighted by molar-refractivity contribution is -0.121. The van der Waals surface area contributed by atoms with Crippen LogP contribution in [0.3, 0.4) is 0 Å². The van der Waals surface area contributed by atoms with Crippen LogP contribution in [0.25, 0.3) is 0 Å². The highest BCUT2D eigenvalue weighted by Crippen LogP contribution is 2.21. The van der Waals surface area contributed by atoms with Gasteiger partial charge in [-0.1, -0.05) is 0 Å². The SMILES string of the molecule is CC(=O)c1ccc(O)c(CN2CCCNC(=O)C2)c1. The Kier molecular flexibility index (Phi) is 4.16. The molecule has 102 valence electrons. The summed E-state index contributed by atoms with van der Waals surface area (Å²) in [5, 5.41) is 12.7. The zero-order valence-electron chi connectivity index (χ0n) is 11.0. The van der Waals surface area contributed by atoms with Crippen molar-refractivity contribution in [2.75, 3.05) is 19.6 Å². The summed E-state index contributed by atoms with van der Waals surface area (Å²) in [6.45, 7) is 3.77. The second-order valence-electron chi connectivity index (χ2n) is 4.81. The van der Waals surface area contributed by atoms with Crippen LogP contribution in [0, 0.1) is 0 Å². The van der Waals surface area contributed by atoms with Gasteiger partial charge < -0.3 is 10.4 Å². The fourth-order valence-electron chi connectivity index (χ4n) is 2.18. The largest absolute Gasteiger partial charge is 0.508 e. The van der Waals surface area contributed by atoms with Crippen molar-refractivity contribution in [2.24, 2.45) is 0 Å². The molecular weight excluding hydrogens is 244 g/mol. The minimum absolute atomic E-state index is 0.000266. The average molecular weight is 262 g/mol. The molecule has 1 aromatic carbocycles. The number of rotatable bonds is 3. The van der Waals surface area contributed by atoms with Crippen molar-refractivity contribution in [3.05, 3.63) is 29.3 Å². The third kappa shape index (κ3) is 3.54. The number of nitrogens with zero attached hydrogens (tertiary/aromatic N) is 1. The highest BCUT2D eigenvalue weighted by atomic mass is 16.3. The Morgan fingerprint density at radius 3 is 3.00 bits per heavy atom. The maximum absolute atomic E-state index is 11.5. The minimum Gasteiger partial charge on any atom is -0.508 e. The van der Waals surface area contributed by atoms with Crippen LogP contribution in [-0.2, 0) is 11.3 Å². The molecule has 0 radical (unpaired) electrons. The summed E-state index contributed by atoms with van der Waals surface area (Å²) in [5.74, 6) is 0.129. The minimum atomic E-state index is -0.0325. The van der Waals surface area contributed by atoms with Gasteiger partial charge in [0, 0.05) is 30.8 Å². The van der Waals surface area contributed by atoms with Gasteiger partial charge in [0.05, 0.1) is 6.54 Å². The van der Waals surface area contributed by atoms with Gasteiger partial charge >= 0.3 is 0 Å². The van der Waals surface area contributed by atoms with E-state index in [0.717, 1.165) is 13.0 Å². The van der Waals surface area contributed by atoms with Crippen LogP contribution < -0.4 is 5.32 Å². The maximum Gasteiger partial charge on any atom is 0.234 e. The zero-order valence-corrected chi connectivity index (χ0v) is 11.0. The van der Waals surface area contributed by atoms with Gasteiger partial charge in [0.25, 0.3) is 0 Å².